The van der Waals surface area contributed by atoms with Gasteiger partial charge < -0.3 is 10.2 Å². The van der Waals surface area contributed by atoms with Crippen LogP contribution in [0.5, 0.6) is 0 Å². The molecule has 0 spiro atoms. The number of rotatable bonds is 4. The van der Waals surface area contributed by atoms with Gasteiger partial charge in [0.15, 0.2) is 0 Å². The molecule has 1 amide bonds. The third kappa shape index (κ3) is 4.77. The van der Waals surface area contributed by atoms with Crippen molar-refractivity contribution in [3.05, 3.63) is 11.8 Å². The Morgan fingerprint density at radius 3 is 2.24 bits per heavy atom. The molecular formula is C17H27N3O. The Balaban J connectivity index is 1.91. The van der Waals surface area contributed by atoms with Crippen LogP contribution in [0.3, 0.4) is 0 Å². The van der Waals surface area contributed by atoms with E-state index in [1.54, 1.807) is 6.20 Å². The number of nitriles is 1. The van der Waals surface area contributed by atoms with Crippen LogP contribution in [0, 0.1) is 11.3 Å². The molecule has 4 nitrogen and oxygen atoms in total. The van der Waals surface area contributed by atoms with Crippen molar-refractivity contribution in [2.24, 2.45) is 0 Å². The van der Waals surface area contributed by atoms with Gasteiger partial charge in [-0.05, 0) is 25.7 Å². The Morgan fingerprint density at radius 1 is 1.10 bits per heavy atom. The van der Waals surface area contributed by atoms with Crippen molar-refractivity contribution < 1.29 is 4.79 Å². The summed E-state index contributed by atoms with van der Waals surface area (Å²) < 4.78 is 0. The first kappa shape index (κ1) is 15.9. The summed E-state index contributed by atoms with van der Waals surface area (Å²) in [6.07, 6.45) is 13.6. The number of amides is 1. The molecule has 1 N–H and O–H groups in total. The zero-order chi connectivity index (χ0) is 15.1. The largest absolute Gasteiger partial charge is 0.376 e. The summed E-state index contributed by atoms with van der Waals surface area (Å²) in [6.45, 7) is 0. The second kappa shape index (κ2) is 8.07. The molecule has 0 saturated heterocycles. The van der Waals surface area contributed by atoms with Crippen LogP contribution in [0.15, 0.2) is 11.8 Å². The van der Waals surface area contributed by atoms with Gasteiger partial charge in [0.2, 0.25) is 0 Å². The van der Waals surface area contributed by atoms with Crippen molar-refractivity contribution in [3.8, 4) is 6.07 Å². The van der Waals surface area contributed by atoms with Gasteiger partial charge in [-0.25, -0.2) is 0 Å². The Labute approximate surface area is 128 Å². The maximum absolute atomic E-state index is 12.2. The minimum atomic E-state index is -0.202. The monoisotopic (exact) mass is 289 g/mol. The summed E-state index contributed by atoms with van der Waals surface area (Å²) in [5, 5.41) is 12.3. The normalized spacial score (nSPS) is 21.6. The molecule has 116 valence electrons. The first-order chi connectivity index (χ1) is 10.2. The number of nitrogens with one attached hydrogen (secondary N) is 1. The highest BCUT2D eigenvalue weighted by Crippen LogP contribution is 2.22. The lowest BCUT2D eigenvalue weighted by molar-refractivity contribution is -0.118. The van der Waals surface area contributed by atoms with E-state index in [9.17, 15) is 10.1 Å². The van der Waals surface area contributed by atoms with Crippen LogP contribution in [-0.2, 0) is 4.79 Å². The van der Waals surface area contributed by atoms with Gasteiger partial charge in [0.1, 0.15) is 11.6 Å². The number of hydrogen-bond donors (Lipinski definition) is 1. The molecule has 0 aromatic rings. The molecule has 2 rings (SSSR count). The third-order valence-corrected chi connectivity index (χ3v) is 4.79. The van der Waals surface area contributed by atoms with Crippen LogP contribution in [-0.4, -0.2) is 29.9 Å². The number of carbonyl (C=O) groups excluding carboxylic acids is 1. The van der Waals surface area contributed by atoms with Crippen molar-refractivity contribution >= 4 is 5.91 Å². The van der Waals surface area contributed by atoms with E-state index in [-0.39, 0.29) is 17.5 Å². The number of carbonyl (C=O) groups is 1. The van der Waals surface area contributed by atoms with Gasteiger partial charge in [-0.3, -0.25) is 4.79 Å². The lowest BCUT2D eigenvalue weighted by atomic mass is 9.94. The minimum Gasteiger partial charge on any atom is -0.376 e. The van der Waals surface area contributed by atoms with Crippen LogP contribution >= 0.6 is 0 Å². The molecule has 0 heterocycles. The highest BCUT2D eigenvalue weighted by Gasteiger charge is 2.20. The number of hydrogen-bond acceptors (Lipinski definition) is 3. The van der Waals surface area contributed by atoms with E-state index >= 15 is 0 Å². The van der Waals surface area contributed by atoms with Crippen LogP contribution in [0.4, 0.5) is 0 Å². The molecule has 4 heteroatoms. The van der Waals surface area contributed by atoms with Crippen LogP contribution < -0.4 is 5.32 Å². The summed E-state index contributed by atoms with van der Waals surface area (Å²) in [5.41, 5.74) is 0.244. The summed E-state index contributed by atoms with van der Waals surface area (Å²) >= 11 is 0. The second-order valence-corrected chi connectivity index (χ2v) is 6.42. The highest BCUT2D eigenvalue weighted by molar-refractivity contribution is 5.97. The fourth-order valence-electron chi connectivity index (χ4n) is 3.45. The van der Waals surface area contributed by atoms with E-state index in [2.05, 4.69) is 16.3 Å². The highest BCUT2D eigenvalue weighted by atomic mass is 16.1. The SMILES string of the molecule is CN(/C=C(/C#N)C(=O)NC1CCCCC1)C1CCCCC1. The van der Waals surface area contributed by atoms with Crippen molar-refractivity contribution in [1.29, 1.82) is 5.26 Å². The Morgan fingerprint density at radius 2 is 1.67 bits per heavy atom. The fraction of sp³-hybridized carbons (Fsp3) is 0.765. The first-order valence-electron chi connectivity index (χ1n) is 8.35. The Bertz CT molecular complexity index is 412. The van der Waals surface area contributed by atoms with Gasteiger partial charge in [-0.2, -0.15) is 5.26 Å². The Hall–Kier alpha value is -1.50. The molecular weight excluding hydrogens is 262 g/mol. The minimum absolute atomic E-state index is 0.202. The molecule has 0 aromatic heterocycles. The second-order valence-electron chi connectivity index (χ2n) is 6.42. The van der Waals surface area contributed by atoms with Gasteiger partial charge in [0.25, 0.3) is 5.91 Å². The maximum Gasteiger partial charge on any atom is 0.263 e. The van der Waals surface area contributed by atoms with Crippen LogP contribution in [0.25, 0.3) is 0 Å². The average Bonchev–Trinajstić information content (AvgIpc) is 2.54. The van der Waals surface area contributed by atoms with Crippen molar-refractivity contribution in [2.75, 3.05) is 7.05 Å². The molecule has 2 aliphatic rings. The van der Waals surface area contributed by atoms with E-state index in [4.69, 9.17) is 0 Å². The zero-order valence-electron chi connectivity index (χ0n) is 13.1. The van der Waals surface area contributed by atoms with Gasteiger partial charge >= 0.3 is 0 Å². The molecule has 0 aromatic carbocycles. The first-order valence-corrected chi connectivity index (χ1v) is 8.35. The van der Waals surface area contributed by atoms with Gasteiger partial charge in [0.05, 0.1) is 0 Å². The van der Waals surface area contributed by atoms with Crippen molar-refractivity contribution in [2.45, 2.75) is 76.3 Å². The van der Waals surface area contributed by atoms with E-state index in [1.807, 2.05) is 7.05 Å². The van der Waals surface area contributed by atoms with Crippen LogP contribution in [0.2, 0.25) is 0 Å². The molecule has 0 bridgehead atoms. The van der Waals surface area contributed by atoms with Crippen molar-refractivity contribution in [1.82, 2.24) is 10.2 Å². The zero-order valence-corrected chi connectivity index (χ0v) is 13.1. The fourth-order valence-corrected chi connectivity index (χ4v) is 3.45. The molecule has 0 radical (unpaired) electrons. The van der Waals surface area contributed by atoms with Gasteiger partial charge in [-0.15, -0.1) is 0 Å². The topological polar surface area (TPSA) is 56.1 Å². The summed E-state index contributed by atoms with van der Waals surface area (Å²) in [6, 6.07) is 2.80. The van der Waals surface area contributed by atoms with E-state index in [0.717, 1.165) is 25.7 Å². The van der Waals surface area contributed by atoms with Crippen molar-refractivity contribution in [3.63, 3.8) is 0 Å². The molecule has 0 aliphatic heterocycles. The summed E-state index contributed by atoms with van der Waals surface area (Å²) in [7, 11) is 1.99. The molecule has 2 saturated carbocycles. The molecule has 0 unspecified atom stereocenters. The molecule has 21 heavy (non-hydrogen) atoms. The van der Waals surface area contributed by atoms with E-state index in [0.29, 0.717) is 6.04 Å². The lowest BCUT2D eigenvalue weighted by Gasteiger charge is -2.30. The van der Waals surface area contributed by atoms with Gasteiger partial charge in [0, 0.05) is 25.3 Å². The average molecular weight is 289 g/mol. The lowest BCUT2D eigenvalue weighted by Crippen LogP contribution is -2.37. The summed E-state index contributed by atoms with van der Waals surface area (Å²) in [4.78, 5) is 14.3. The smallest absolute Gasteiger partial charge is 0.263 e. The number of nitrogens with zero attached hydrogens (tertiary/aromatic N) is 2. The molecule has 0 atom stereocenters. The summed E-state index contributed by atoms with van der Waals surface area (Å²) in [5.74, 6) is -0.202. The quantitative estimate of drug-likeness (QED) is 0.639. The predicted octanol–water partition coefficient (Wildman–Crippen LogP) is 3.11. The van der Waals surface area contributed by atoms with Gasteiger partial charge in [-0.1, -0.05) is 38.5 Å². The maximum atomic E-state index is 12.2. The standard InChI is InChI=1S/C17H27N3O/c1-20(16-10-6-3-7-11-16)13-14(12-18)17(21)19-15-8-4-2-5-9-15/h13,15-16H,2-11H2,1H3,(H,19,21)/b14-13-. The van der Waals surface area contributed by atoms with E-state index in [1.165, 1.54) is 38.5 Å². The molecule has 2 aliphatic carbocycles. The molecule has 2 fully saturated rings. The Kier molecular flexibility index (Phi) is 6.10. The predicted molar refractivity (Wildman–Crippen MR) is 83.3 cm³/mol. The third-order valence-electron chi connectivity index (χ3n) is 4.79. The van der Waals surface area contributed by atoms with E-state index < -0.39 is 0 Å². The van der Waals surface area contributed by atoms with Crippen LogP contribution in [0.1, 0.15) is 64.2 Å².